The second-order valence-electron chi connectivity index (χ2n) is 3.77. The van der Waals surface area contributed by atoms with Crippen molar-refractivity contribution in [2.45, 2.75) is 0 Å². The van der Waals surface area contributed by atoms with Crippen LogP contribution in [0.2, 0.25) is 0 Å². The van der Waals surface area contributed by atoms with Crippen molar-refractivity contribution in [3.8, 4) is 0 Å². The number of thiophene rings is 1. The van der Waals surface area contributed by atoms with E-state index in [0.717, 1.165) is 9.85 Å². The summed E-state index contributed by atoms with van der Waals surface area (Å²) in [6, 6.07) is 5.51. The van der Waals surface area contributed by atoms with E-state index < -0.39 is 11.7 Å². The lowest BCUT2D eigenvalue weighted by Crippen LogP contribution is -2.15. The maximum absolute atomic E-state index is 13.8. The molecular formula is C12H9BrFN3O2S. The first-order valence-electron chi connectivity index (χ1n) is 5.34. The molecule has 0 bridgehead atoms. The van der Waals surface area contributed by atoms with Crippen molar-refractivity contribution in [3.63, 3.8) is 0 Å². The number of amides is 1. The molecule has 1 aromatic carbocycles. The average molecular weight is 358 g/mol. The van der Waals surface area contributed by atoms with Gasteiger partial charge in [0.25, 0.3) is 5.91 Å². The van der Waals surface area contributed by atoms with Crippen molar-refractivity contribution < 1.29 is 14.4 Å². The van der Waals surface area contributed by atoms with Gasteiger partial charge in [0.1, 0.15) is 5.82 Å². The van der Waals surface area contributed by atoms with Gasteiger partial charge in [0.15, 0.2) is 5.84 Å². The van der Waals surface area contributed by atoms with Crippen LogP contribution in [0.4, 0.5) is 10.1 Å². The van der Waals surface area contributed by atoms with Gasteiger partial charge in [-0.1, -0.05) is 5.16 Å². The van der Waals surface area contributed by atoms with Crippen LogP contribution in [0.1, 0.15) is 15.9 Å². The minimum Gasteiger partial charge on any atom is -0.409 e. The summed E-state index contributed by atoms with van der Waals surface area (Å²) in [5.74, 6) is -1.29. The van der Waals surface area contributed by atoms with Crippen LogP contribution < -0.4 is 11.1 Å². The Labute approximate surface area is 126 Å². The third-order valence-electron chi connectivity index (χ3n) is 2.45. The molecule has 104 valence electrons. The van der Waals surface area contributed by atoms with Gasteiger partial charge in [-0.05, 0) is 40.2 Å². The largest absolute Gasteiger partial charge is 0.409 e. The zero-order chi connectivity index (χ0) is 14.7. The number of rotatable bonds is 3. The van der Waals surface area contributed by atoms with E-state index >= 15 is 0 Å². The highest BCUT2D eigenvalue weighted by molar-refractivity contribution is 9.11. The molecule has 0 aliphatic carbocycles. The molecule has 0 radical (unpaired) electrons. The molecule has 2 aromatic rings. The molecule has 1 amide bonds. The number of nitrogens with two attached hydrogens (primary N) is 1. The first kappa shape index (κ1) is 14.5. The monoisotopic (exact) mass is 357 g/mol. The van der Waals surface area contributed by atoms with Crippen molar-refractivity contribution in [3.05, 3.63) is 50.4 Å². The topological polar surface area (TPSA) is 87.7 Å². The van der Waals surface area contributed by atoms with Crippen LogP contribution in [0.15, 0.2) is 38.6 Å². The fourth-order valence-corrected chi connectivity index (χ4v) is 2.59. The summed E-state index contributed by atoms with van der Waals surface area (Å²) >= 11 is 4.61. The fraction of sp³-hybridized carbons (Fsp3) is 0. The lowest BCUT2D eigenvalue weighted by atomic mass is 10.1. The quantitative estimate of drug-likeness (QED) is 0.341. The number of benzene rings is 1. The zero-order valence-electron chi connectivity index (χ0n) is 9.93. The highest BCUT2D eigenvalue weighted by Gasteiger charge is 2.12. The molecule has 20 heavy (non-hydrogen) atoms. The maximum Gasteiger partial charge on any atom is 0.256 e. The first-order valence-corrected chi connectivity index (χ1v) is 7.01. The van der Waals surface area contributed by atoms with Crippen molar-refractivity contribution >= 4 is 44.7 Å². The zero-order valence-corrected chi connectivity index (χ0v) is 12.3. The number of hydrogen-bond donors (Lipinski definition) is 3. The van der Waals surface area contributed by atoms with Crippen LogP contribution in [0, 0.1) is 5.82 Å². The van der Waals surface area contributed by atoms with Crippen molar-refractivity contribution in [2.75, 3.05) is 5.32 Å². The fourth-order valence-electron chi connectivity index (χ4n) is 1.46. The molecule has 1 heterocycles. The summed E-state index contributed by atoms with van der Waals surface area (Å²) in [6.07, 6.45) is 0. The number of carbonyl (C=O) groups excluding carboxylic acids is 1. The lowest BCUT2D eigenvalue weighted by Gasteiger charge is -2.06. The number of nitrogens with one attached hydrogen (secondary N) is 1. The number of carbonyl (C=O) groups is 1. The lowest BCUT2D eigenvalue weighted by molar-refractivity contribution is 0.102. The highest BCUT2D eigenvalue weighted by Crippen LogP contribution is 2.22. The molecule has 4 N–H and O–H groups in total. The molecule has 0 saturated carbocycles. The van der Waals surface area contributed by atoms with E-state index in [1.54, 1.807) is 11.4 Å². The molecule has 0 spiro atoms. The Morgan fingerprint density at radius 2 is 2.15 bits per heavy atom. The van der Waals surface area contributed by atoms with Gasteiger partial charge < -0.3 is 16.3 Å². The molecule has 0 saturated heterocycles. The summed E-state index contributed by atoms with van der Waals surface area (Å²) in [5.41, 5.74) is 6.03. The third kappa shape index (κ3) is 3.14. The minimum absolute atomic E-state index is 0.0202. The second-order valence-corrected chi connectivity index (χ2v) is 6.06. The Morgan fingerprint density at radius 3 is 2.70 bits per heavy atom. The summed E-state index contributed by atoms with van der Waals surface area (Å²) < 4.78 is 14.6. The van der Waals surface area contributed by atoms with E-state index in [0.29, 0.717) is 5.56 Å². The van der Waals surface area contributed by atoms with Gasteiger partial charge in [-0.15, -0.1) is 11.3 Å². The number of amidine groups is 1. The van der Waals surface area contributed by atoms with Gasteiger partial charge >= 0.3 is 0 Å². The summed E-state index contributed by atoms with van der Waals surface area (Å²) in [6.45, 7) is 0. The smallest absolute Gasteiger partial charge is 0.256 e. The SMILES string of the molecule is N/C(=N/O)c1ccc(NC(=O)c2csc(Br)c2)c(F)c1. The first-order chi connectivity index (χ1) is 9.51. The van der Waals surface area contributed by atoms with Gasteiger partial charge in [-0.2, -0.15) is 0 Å². The number of hydrogen-bond acceptors (Lipinski definition) is 4. The number of oxime groups is 1. The van der Waals surface area contributed by atoms with E-state index in [1.807, 2.05) is 0 Å². The average Bonchev–Trinajstić information content (AvgIpc) is 2.86. The normalized spacial score (nSPS) is 11.4. The maximum atomic E-state index is 13.8. The Kier molecular flexibility index (Phi) is 4.35. The molecule has 0 aliphatic rings. The molecule has 0 atom stereocenters. The molecule has 1 aromatic heterocycles. The Bertz CT molecular complexity index is 687. The molecule has 2 rings (SSSR count). The van der Waals surface area contributed by atoms with E-state index in [4.69, 9.17) is 10.9 Å². The van der Waals surface area contributed by atoms with Gasteiger partial charge in [0, 0.05) is 10.9 Å². The minimum atomic E-state index is -0.670. The number of nitrogens with zero attached hydrogens (tertiary/aromatic N) is 1. The predicted molar refractivity (Wildman–Crippen MR) is 78.9 cm³/mol. The van der Waals surface area contributed by atoms with Crippen molar-refractivity contribution in [2.24, 2.45) is 10.9 Å². The molecule has 0 aliphatic heterocycles. The molecule has 0 fully saturated rings. The highest BCUT2D eigenvalue weighted by atomic mass is 79.9. The summed E-state index contributed by atoms with van der Waals surface area (Å²) in [5, 5.41) is 15.4. The van der Waals surface area contributed by atoms with Crippen LogP contribution >= 0.6 is 27.3 Å². The van der Waals surface area contributed by atoms with Crippen molar-refractivity contribution in [1.82, 2.24) is 0 Å². The Hall–Kier alpha value is -1.93. The van der Waals surface area contributed by atoms with E-state index in [-0.39, 0.29) is 17.1 Å². The number of halogens is 2. The van der Waals surface area contributed by atoms with Crippen LogP contribution in [-0.2, 0) is 0 Å². The molecule has 5 nitrogen and oxygen atoms in total. The van der Waals surface area contributed by atoms with E-state index in [1.165, 1.54) is 23.5 Å². The van der Waals surface area contributed by atoms with Crippen LogP contribution in [0.3, 0.4) is 0 Å². The van der Waals surface area contributed by atoms with Gasteiger partial charge in [0.2, 0.25) is 0 Å². The predicted octanol–water partition coefficient (Wildman–Crippen LogP) is 3.00. The standard InChI is InChI=1S/C12H9BrFN3O2S/c13-10-4-7(5-20-10)12(18)16-9-2-1-6(3-8(9)14)11(15)17-19/h1-5,19H,(H2,15,17)(H,16,18). The summed E-state index contributed by atoms with van der Waals surface area (Å²) in [7, 11) is 0. The molecule has 8 heteroatoms. The van der Waals surface area contributed by atoms with Crippen LogP contribution in [0.25, 0.3) is 0 Å². The third-order valence-corrected chi connectivity index (χ3v) is 3.95. The Balaban J connectivity index is 2.20. The Morgan fingerprint density at radius 1 is 1.40 bits per heavy atom. The molecule has 0 unspecified atom stereocenters. The second kappa shape index (κ2) is 6.02. The van der Waals surface area contributed by atoms with E-state index in [9.17, 15) is 9.18 Å². The molecular weight excluding hydrogens is 349 g/mol. The van der Waals surface area contributed by atoms with Crippen LogP contribution in [-0.4, -0.2) is 17.0 Å². The van der Waals surface area contributed by atoms with E-state index in [2.05, 4.69) is 26.4 Å². The van der Waals surface area contributed by atoms with Gasteiger partial charge in [0.05, 0.1) is 15.0 Å². The van der Waals surface area contributed by atoms with Crippen LogP contribution in [0.5, 0.6) is 0 Å². The summed E-state index contributed by atoms with van der Waals surface area (Å²) in [4.78, 5) is 11.9. The van der Waals surface area contributed by atoms with Crippen molar-refractivity contribution in [1.29, 1.82) is 0 Å². The van der Waals surface area contributed by atoms with Gasteiger partial charge in [-0.3, -0.25) is 4.79 Å². The van der Waals surface area contributed by atoms with Gasteiger partial charge in [-0.25, -0.2) is 4.39 Å². The number of anilines is 1.